The minimum atomic E-state index is -0.447. The quantitative estimate of drug-likeness (QED) is 0.875. The van der Waals surface area contributed by atoms with Gasteiger partial charge in [0.2, 0.25) is 5.91 Å². The summed E-state index contributed by atoms with van der Waals surface area (Å²) in [6, 6.07) is 8.01. The SMILES string of the molecule is CCC(=O)Nc1ccc(CCN2CCN(C(=O)OC(C)(C)C)CC2)cc1. The highest BCUT2D eigenvalue weighted by Gasteiger charge is 2.25. The molecule has 1 aliphatic heterocycles. The number of nitrogens with zero attached hydrogens (tertiary/aromatic N) is 2. The van der Waals surface area contributed by atoms with Crippen molar-refractivity contribution in [2.45, 2.75) is 46.1 Å². The van der Waals surface area contributed by atoms with Crippen LogP contribution in [0.2, 0.25) is 0 Å². The number of amides is 2. The molecule has 2 rings (SSSR count). The van der Waals surface area contributed by atoms with E-state index < -0.39 is 5.60 Å². The summed E-state index contributed by atoms with van der Waals surface area (Å²) in [7, 11) is 0. The van der Waals surface area contributed by atoms with E-state index in [1.807, 2.05) is 39.8 Å². The Labute approximate surface area is 156 Å². The van der Waals surface area contributed by atoms with Crippen molar-refractivity contribution in [1.29, 1.82) is 0 Å². The predicted octanol–water partition coefficient (Wildman–Crippen LogP) is 3.13. The number of rotatable bonds is 5. The second-order valence-corrected chi connectivity index (χ2v) is 7.66. The van der Waals surface area contributed by atoms with Crippen molar-refractivity contribution in [3.63, 3.8) is 0 Å². The molecule has 0 bridgehead atoms. The molecular formula is C20H31N3O3. The molecule has 1 aromatic carbocycles. The first-order valence-corrected chi connectivity index (χ1v) is 9.36. The summed E-state index contributed by atoms with van der Waals surface area (Å²) in [6.45, 7) is 11.6. The summed E-state index contributed by atoms with van der Waals surface area (Å²) in [5.74, 6) is 0.0283. The fourth-order valence-electron chi connectivity index (χ4n) is 2.77. The minimum Gasteiger partial charge on any atom is -0.444 e. The van der Waals surface area contributed by atoms with Gasteiger partial charge in [-0.05, 0) is 44.9 Å². The van der Waals surface area contributed by atoms with Gasteiger partial charge in [-0.3, -0.25) is 9.69 Å². The van der Waals surface area contributed by atoms with Gasteiger partial charge in [-0.15, -0.1) is 0 Å². The number of hydrogen-bond acceptors (Lipinski definition) is 4. The van der Waals surface area contributed by atoms with Crippen molar-refractivity contribution in [2.75, 3.05) is 38.0 Å². The summed E-state index contributed by atoms with van der Waals surface area (Å²) >= 11 is 0. The molecule has 1 saturated heterocycles. The Morgan fingerprint density at radius 2 is 1.69 bits per heavy atom. The van der Waals surface area contributed by atoms with E-state index in [9.17, 15) is 9.59 Å². The van der Waals surface area contributed by atoms with E-state index in [1.165, 1.54) is 5.56 Å². The zero-order chi connectivity index (χ0) is 19.2. The number of piperazine rings is 1. The Morgan fingerprint density at radius 1 is 1.08 bits per heavy atom. The molecular weight excluding hydrogens is 330 g/mol. The van der Waals surface area contributed by atoms with Crippen LogP contribution < -0.4 is 5.32 Å². The molecule has 26 heavy (non-hydrogen) atoms. The van der Waals surface area contributed by atoms with Gasteiger partial charge < -0.3 is 15.0 Å². The van der Waals surface area contributed by atoms with Crippen LogP contribution in [0.4, 0.5) is 10.5 Å². The lowest BCUT2D eigenvalue weighted by atomic mass is 10.1. The maximum atomic E-state index is 12.1. The van der Waals surface area contributed by atoms with Crippen molar-refractivity contribution in [1.82, 2.24) is 9.80 Å². The molecule has 1 heterocycles. The van der Waals surface area contributed by atoms with Crippen LogP contribution in [0.15, 0.2) is 24.3 Å². The highest BCUT2D eigenvalue weighted by atomic mass is 16.6. The van der Waals surface area contributed by atoms with Gasteiger partial charge in [0.05, 0.1) is 0 Å². The van der Waals surface area contributed by atoms with Gasteiger partial charge in [0.1, 0.15) is 5.60 Å². The highest BCUT2D eigenvalue weighted by Crippen LogP contribution is 2.13. The fourth-order valence-corrected chi connectivity index (χ4v) is 2.77. The van der Waals surface area contributed by atoms with Gasteiger partial charge in [0.15, 0.2) is 0 Å². The lowest BCUT2D eigenvalue weighted by Gasteiger charge is -2.35. The molecule has 144 valence electrons. The van der Waals surface area contributed by atoms with E-state index >= 15 is 0 Å². The van der Waals surface area contributed by atoms with Crippen molar-refractivity contribution in [2.24, 2.45) is 0 Å². The summed E-state index contributed by atoms with van der Waals surface area (Å²) in [5, 5.41) is 2.86. The third-order valence-corrected chi connectivity index (χ3v) is 4.30. The minimum absolute atomic E-state index is 0.0283. The topological polar surface area (TPSA) is 61.9 Å². The molecule has 1 aromatic rings. The first-order chi connectivity index (χ1) is 12.3. The molecule has 2 amide bonds. The zero-order valence-corrected chi connectivity index (χ0v) is 16.4. The molecule has 6 heteroatoms. The molecule has 6 nitrogen and oxygen atoms in total. The summed E-state index contributed by atoms with van der Waals surface area (Å²) in [5.41, 5.74) is 1.64. The van der Waals surface area contributed by atoms with Gasteiger partial charge in [-0.2, -0.15) is 0 Å². The zero-order valence-electron chi connectivity index (χ0n) is 16.4. The van der Waals surface area contributed by atoms with E-state index in [2.05, 4.69) is 22.3 Å². The summed E-state index contributed by atoms with van der Waals surface area (Å²) in [4.78, 5) is 27.6. The molecule has 0 atom stereocenters. The van der Waals surface area contributed by atoms with E-state index in [-0.39, 0.29) is 12.0 Å². The number of carbonyl (C=O) groups excluding carboxylic acids is 2. The lowest BCUT2D eigenvalue weighted by Crippen LogP contribution is -2.50. The van der Waals surface area contributed by atoms with Crippen LogP contribution in [0.25, 0.3) is 0 Å². The smallest absolute Gasteiger partial charge is 0.410 e. The number of anilines is 1. The van der Waals surface area contributed by atoms with E-state index in [1.54, 1.807) is 4.90 Å². The summed E-state index contributed by atoms with van der Waals surface area (Å²) < 4.78 is 5.43. The van der Waals surface area contributed by atoms with E-state index in [0.717, 1.165) is 31.7 Å². The Hall–Kier alpha value is -2.08. The van der Waals surface area contributed by atoms with Crippen molar-refractivity contribution >= 4 is 17.7 Å². The molecule has 0 radical (unpaired) electrons. The molecule has 1 aliphatic rings. The average Bonchev–Trinajstić information content (AvgIpc) is 2.60. The van der Waals surface area contributed by atoms with Crippen LogP contribution in [0.3, 0.4) is 0 Å². The first kappa shape index (κ1) is 20.2. The molecule has 1 fully saturated rings. The standard InChI is InChI=1S/C20H31N3O3/c1-5-18(24)21-17-8-6-16(7-9-17)10-11-22-12-14-23(15-13-22)19(25)26-20(2,3)4/h6-9H,5,10-15H2,1-4H3,(H,21,24). The number of benzene rings is 1. The monoisotopic (exact) mass is 361 g/mol. The predicted molar refractivity (Wildman–Crippen MR) is 103 cm³/mol. The van der Waals surface area contributed by atoms with Crippen LogP contribution in [0.1, 0.15) is 39.7 Å². The summed E-state index contributed by atoms with van der Waals surface area (Å²) in [6.07, 6.45) is 1.22. The van der Waals surface area contributed by atoms with E-state index in [4.69, 9.17) is 4.74 Å². The van der Waals surface area contributed by atoms with Crippen LogP contribution >= 0.6 is 0 Å². The lowest BCUT2D eigenvalue weighted by molar-refractivity contribution is -0.115. The van der Waals surface area contributed by atoms with Crippen LogP contribution in [0.5, 0.6) is 0 Å². The number of carbonyl (C=O) groups is 2. The third kappa shape index (κ3) is 6.67. The normalized spacial score (nSPS) is 15.6. The molecule has 1 N–H and O–H groups in total. The van der Waals surface area contributed by atoms with Gasteiger partial charge in [0.25, 0.3) is 0 Å². The van der Waals surface area contributed by atoms with Crippen LogP contribution in [-0.4, -0.2) is 60.1 Å². The van der Waals surface area contributed by atoms with Crippen molar-refractivity contribution in [3.05, 3.63) is 29.8 Å². The Morgan fingerprint density at radius 3 is 2.23 bits per heavy atom. The van der Waals surface area contributed by atoms with Gasteiger partial charge in [-0.25, -0.2) is 4.79 Å². The number of nitrogens with one attached hydrogen (secondary N) is 1. The van der Waals surface area contributed by atoms with Gasteiger partial charge in [0, 0.05) is 44.8 Å². The maximum Gasteiger partial charge on any atom is 0.410 e. The fraction of sp³-hybridized carbons (Fsp3) is 0.600. The molecule has 0 saturated carbocycles. The largest absolute Gasteiger partial charge is 0.444 e. The van der Waals surface area contributed by atoms with E-state index in [0.29, 0.717) is 19.5 Å². The molecule has 0 aliphatic carbocycles. The number of hydrogen-bond donors (Lipinski definition) is 1. The Bertz CT molecular complexity index is 600. The van der Waals surface area contributed by atoms with Gasteiger partial charge in [-0.1, -0.05) is 19.1 Å². The van der Waals surface area contributed by atoms with Gasteiger partial charge >= 0.3 is 6.09 Å². The second-order valence-electron chi connectivity index (χ2n) is 7.66. The molecule has 0 unspecified atom stereocenters. The second kappa shape index (κ2) is 9.03. The first-order valence-electron chi connectivity index (χ1n) is 9.36. The Balaban J connectivity index is 1.73. The van der Waals surface area contributed by atoms with Crippen LogP contribution in [0, 0.1) is 0 Å². The van der Waals surface area contributed by atoms with Crippen molar-refractivity contribution < 1.29 is 14.3 Å². The Kier molecular flexibility index (Phi) is 7.03. The maximum absolute atomic E-state index is 12.1. The average molecular weight is 361 g/mol. The van der Waals surface area contributed by atoms with Crippen molar-refractivity contribution in [3.8, 4) is 0 Å². The molecule has 0 spiro atoms. The van der Waals surface area contributed by atoms with Crippen LogP contribution in [-0.2, 0) is 16.0 Å². The molecule has 0 aromatic heterocycles. The third-order valence-electron chi connectivity index (χ3n) is 4.30. The highest BCUT2D eigenvalue weighted by molar-refractivity contribution is 5.90. The number of ether oxygens (including phenoxy) is 1.